The zero-order chi connectivity index (χ0) is 20.5. The van der Waals surface area contributed by atoms with Gasteiger partial charge in [0, 0.05) is 11.4 Å². The summed E-state index contributed by atoms with van der Waals surface area (Å²) in [6.45, 7) is 1.26. The van der Waals surface area contributed by atoms with Crippen molar-refractivity contribution in [2.24, 2.45) is 0 Å². The van der Waals surface area contributed by atoms with Gasteiger partial charge in [0.05, 0.1) is 33.8 Å². The van der Waals surface area contributed by atoms with Crippen LogP contribution in [-0.4, -0.2) is 9.13 Å². The average Bonchev–Trinajstić information content (AvgIpc) is 3.26. The molecule has 2 aromatic heterocycles. The van der Waals surface area contributed by atoms with Crippen LogP contribution < -0.4 is 10.6 Å². The summed E-state index contributed by atoms with van der Waals surface area (Å²) >= 11 is 14.4. The Labute approximate surface area is 192 Å². The molecule has 0 saturated heterocycles. The monoisotopic (exact) mass is 466 g/mol. The molecule has 30 heavy (non-hydrogen) atoms. The fraction of sp³-hybridized carbons (Fsp3) is 0.0909. The Morgan fingerprint density at radius 3 is 1.60 bits per heavy atom. The smallest absolute Gasteiger partial charge is 0.163 e. The van der Waals surface area contributed by atoms with Gasteiger partial charge in [0.25, 0.3) is 0 Å². The fourth-order valence-electron chi connectivity index (χ4n) is 3.41. The summed E-state index contributed by atoms with van der Waals surface area (Å²) in [5.74, 6) is 0. The van der Waals surface area contributed by atoms with Crippen LogP contribution >= 0.6 is 47.1 Å². The molecular formula is C22H18N4S4. The number of nitrogens with zero attached hydrogens (tertiary/aromatic N) is 2. The second kappa shape index (κ2) is 8.31. The van der Waals surface area contributed by atoms with Gasteiger partial charge in [0.1, 0.15) is 0 Å². The molecule has 4 nitrogen and oxygen atoms in total. The number of thiazole rings is 2. The Hall–Kier alpha value is -2.52. The van der Waals surface area contributed by atoms with Gasteiger partial charge in [0.2, 0.25) is 0 Å². The van der Waals surface area contributed by atoms with Gasteiger partial charge in [-0.3, -0.25) is 0 Å². The summed E-state index contributed by atoms with van der Waals surface area (Å²) in [5, 5.41) is 6.98. The van der Waals surface area contributed by atoms with Crippen molar-refractivity contribution >= 4 is 78.9 Å². The first-order valence-electron chi connectivity index (χ1n) is 9.43. The predicted molar refractivity (Wildman–Crippen MR) is 135 cm³/mol. The number of aromatic nitrogens is 2. The molecule has 0 atom stereocenters. The molecule has 0 aliphatic carbocycles. The van der Waals surface area contributed by atoms with Crippen molar-refractivity contribution in [1.29, 1.82) is 0 Å². The third kappa shape index (κ3) is 3.79. The molecule has 0 fully saturated rings. The molecule has 0 spiro atoms. The van der Waals surface area contributed by atoms with Crippen molar-refractivity contribution < 1.29 is 0 Å². The number of fused-ring (bicyclic) bond motifs is 2. The van der Waals surface area contributed by atoms with Gasteiger partial charge in [-0.2, -0.15) is 0 Å². The molecule has 5 rings (SSSR count). The van der Waals surface area contributed by atoms with E-state index >= 15 is 0 Å². The Bertz CT molecular complexity index is 1350. The summed E-state index contributed by atoms with van der Waals surface area (Å²) in [7, 11) is 0. The van der Waals surface area contributed by atoms with Gasteiger partial charge in [-0.15, -0.1) is 22.7 Å². The molecule has 150 valence electrons. The molecule has 0 saturated carbocycles. The van der Waals surface area contributed by atoms with E-state index in [1.807, 2.05) is 30.3 Å². The van der Waals surface area contributed by atoms with Crippen molar-refractivity contribution in [2.75, 3.05) is 10.6 Å². The zero-order valence-electron chi connectivity index (χ0n) is 15.9. The van der Waals surface area contributed by atoms with Crippen molar-refractivity contribution in [3.8, 4) is 0 Å². The van der Waals surface area contributed by atoms with Crippen LogP contribution in [0.15, 0.2) is 72.8 Å². The lowest BCUT2D eigenvalue weighted by atomic mass is 10.3. The minimum atomic E-state index is 0.631. The highest BCUT2D eigenvalue weighted by atomic mass is 32.2. The van der Waals surface area contributed by atoms with Crippen LogP contribution in [0.1, 0.15) is 0 Å². The Morgan fingerprint density at radius 2 is 1.10 bits per heavy atom. The SMILES string of the molecule is S=c1sc2ccccc2n1CNc1cccc(NCn2c(=S)sc3ccccc32)c1. The lowest BCUT2D eigenvalue weighted by molar-refractivity contribution is 0.803. The molecule has 0 bridgehead atoms. The maximum atomic E-state index is 5.55. The Kier molecular flexibility index (Phi) is 5.39. The van der Waals surface area contributed by atoms with Gasteiger partial charge < -0.3 is 19.8 Å². The van der Waals surface area contributed by atoms with Crippen LogP contribution in [0.4, 0.5) is 11.4 Å². The van der Waals surface area contributed by atoms with Crippen molar-refractivity contribution in [2.45, 2.75) is 13.3 Å². The van der Waals surface area contributed by atoms with Crippen LogP contribution in [0.5, 0.6) is 0 Å². The van der Waals surface area contributed by atoms with E-state index in [2.05, 4.69) is 62.2 Å². The van der Waals surface area contributed by atoms with Crippen molar-refractivity contribution in [1.82, 2.24) is 9.13 Å². The summed E-state index contributed by atoms with van der Waals surface area (Å²) in [5.41, 5.74) is 4.40. The van der Waals surface area contributed by atoms with Gasteiger partial charge in [-0.1, -0.05) is 30.3 Å². The number of nitrogens with one attached hydrogen (secondary N) is 2. The van der Waals surface area contributed by atoms with Gasteiger partial charge in [-0.05, 0) is 66.9 Å². The second-order valence-electron chi connectivity index (χ2n) is 6.78. The number of rotatable bonds is 6. The molecule has 2 heterocycles. The molecule has 3 aromatic carbocycles. The second-order valence-corrected chi connectivity index (χ2v) is 10.1. The quantitative estimate of drug-likeness (QED) is 0.257. The molecule has 5 aromatic rings. The highest BCUT2D eigenvalue weighted by Gasteiger charge is 2.06. The van der Waals surface area contributed by atoms with Crippen molar-refractivity contribution in [3.63, 3.8) is 0 Å². The van der Waals surface area contributed by atoms with Gasteiger partial charge in [0.15, 0.2) is 7.91 Å². The summed E-state index contributed by atoms with van der Waals surface area (Å²) in [4.78, 5) is 0. The van der Waals surface area contributed by atoms with Crippen LogP contribution in [0, 0.1) is 7.91 Å². The average molecular weight is 467 g/mol. The maximum absolute atomic E-state index is 5.55. The molecular weight excluding hydrogens is 449 g/mol. The summed E-state index contributed by atoms with van der Waals surface area (Å²) < 4.78 is 8.42. The third-order valence-electron chi connectivity index (χ3n) is 4.89. The van der Waals surface area contributed by atoms with E-state index < -0.39 is 0 Å². The van der Waals surface area contributed by atoms with E-state index in [0.717, 1.165) is 30.3 Å². The molecule has 0 unspecified atom stereocenters. The predicted octanol–water partition coefficient (Wildman–Crippen LogP) is 7.32. The number of hydrogen-bond acceptors (Lipinski definition) is 6. The minimum absolute atomic E-state index is 0.631. The standard InChI is InChI=1S/C22H18N4S4/c27-21-25(17-8-1-3-10-19(17)29-21)13-23-15-6-5-7-16(12-15)24-14-26-18-9-2-4-11-20(18)30-22(26)28/h1-12,23-24H,13-14H2. The first-order chi connectivity index (χ1) is 14.7. The van der Waals surface area contributed by atoms with E-state index in [-0.39, 0.29) is 0 Å². The number of para-hydroxylation sites is 2. The van der Waals surface area contributed by atoms with E-state index in [1.165, 1.54) is 9.40 Å². The van der Waals surface area contributed by atoms with E-state index in [0.29, 0.717) is 13.3 Å². The van der Waals surface area contributed by atoms with Crippen LogP contribution in [0.25, 0.3) is 20.4 Å². The van der Waals surface area contributed by atoms with Crippen LogP contribution in [-0.2, 0) is 13.3 Å². The first-order valence-corrected chi connectivity index (χ1v) is 11.9. The van der Waals surface area contributed by atoms with Gasteiger partial charge in [-0.25, -0.2) is 0 Å². The molecule has 0 aliphatic rings. The number of anilines is 2. The minimum Gasteiger partial charge on any atom is -0.367 e. The first kappa shape index (κ1) is 19.4. The molecule has 2 N–H and O–H groups in total. The maximum Gasteiger partial charge on any atom is 0.163 e. The Balaban J connectivity index is 1.32. The number of benzene rings is 3. The van der Waals surface area contributed by atoms with E-state index in [4.69, 9.17) is 24.4 Å². The normalized spacial score (nSPS) is 11.2. The Morgan fingerprint density at radius 1 is 0.633 bits per heavy atom. The molecule has 0 aliphatic heterocycles. The third-order valence-corrected chi connectivity index (χ3v) is 7.75. The lowest BCUT2D eigenvalue weighted by Crippen LogP contribution is -2.09. The van der Waals surface area contributed by atoms with Gasteiger partial charge >= 0.3 is 0 Å². The zero-order valence-corrected chi connectivity index (χ0v) is 19.1. The van der Waals surface area contributed by atoms with E-state index in [9.17, 15) is 0 Å². The lowest BCUT2D eigenvalue weighted by Gasteiger charge is -2.12. The topological polar surface area (TPSA) is 33.9 Å². The largest absolute Gasteiger partial charge is 0.367 e. The fourth-order valence-corrected chi connectivity index (χ4v) is 6.05. The molecule has 0 radical (unpaired) electrons. The number of hydrogen-bond donors (Lipinski definition) is 2. The van der Waals surface area contributed by atoms with Crippen LogP contribution in [0.2, 0.25) is 0 Å². The van der Waals surface area contributed by atoms with Crippen LogP contribution in [0.3, 0.4) is 0 Å². The molecule has 0 amide bonds. The summed E-state index contributed by atoms with van der Waals surface area (Å²) in [6, 6.07) is 24.9. The highest BCUT2D eigenvalue weighted by Crippen LogP contribution is 2.25. The molecule has 8 heteroatoms. The highest BCUT2D eigenvalue weighted by molar-refractivity contribution is 7.74. The van der Waals surface area contributed by atoms with Crippen molar-refractivity contribution in [3.05, 3.63) is 80.7 Å². The summed E-state index contributed by atoms with van der Waals surface area (Å²) in [6.07, 6.45) is 0. The van der Waals surface area contributed by atoms with E-state index in [1.54, 1.807) is 22.7 Å².